The third kappa shape index (κ3) is 3.91. The second-order valence-corrected chi connectivity index (χ2v) is 6.70. The Morgan fingerprint density at radius 1 is 0.591 bits per heavy atom. The molecule has 0 aliphatic heterocycles. The van der Waals surface area contributed by atoms with Gasteiger partial charge in [-0.25, -0.2) is 0 Å². The maximum atomic E-state index is 2.33. The average molecular weight is 296 g/mol. The van der Waals surface area contributed by atoms with Gasteiger partial charge in [0.1, 0.15) is 0 Å². The highest BCUT2D eigenvalue weighted by Crippen LogP contribution is 2.28. The van der Waals surface area contributed by atoms with Crippen LogP contribution in [0.3, 0.4) is 0 Å². The van der Waals surface area contributed by atoms with Crippen molar-refractivity contribution >= 4 is 10.8 Å². The van der Waals surface area contributed by atoms with Gasteiger partial charge in [0.05, 0.1) is 0 Å². The Morgan fingerprint density at radius 2 is 0.955 bits per heavy atom. The average Bonchev–Trinajstić information content (AvgIpc) is 2.57. The monoisotopic (exact) mass is 296 g/mol. The normalized spacial score (nSPS) is 11.7. The van der Waals surface area contributed by atoms with E-state index in [1.807, 2.05) is 0 Å². The highest BCUT2D eigenvalue weighted by atomic mass is 14.2. The fourth-order valence-corrected chi connectivity index (χ4v) is 3.57. The molecule has 0 bridgehead atoms. The van der Waals surface area contributed by atoms with Gasteiger partial charge in [0.15, 0.2) is 0 Å². The van der Waals surface area contributed by atoms with E-state index < -0.39 is 0 Å². The van der Waals surface area contributed by atoms with E-state index in [9.17, 15) is 0 Å². The van der Waals surface area contributed by atoms with Crippen molar-refractivity contribution in [3.8, 4) is 0 Å². The van der Waals surface area contributed by atoms with Crippen LogP contribution in [0, 0.1) is 11.8 Å². The molecule has 2 aromatic rings. The molecule has 0 radical (unpaired) electrons. The van der Waals surface area contributed by atoms with Gasteiger partial charge in [0.25, 0.3) is 0 Å². The van der Waals surface area contributed by atoms with Gasteiger partial charge in [-0.1, -0.05) is 89.8 Å². The summed E-state index contributed by atoms with van der Waals surface area (Å²) in [5, 5.41) is 2.97. The summed E-state index contributed by atoms with van der Waals surface area (Å²) in [6.45, 7) is 9.27. The Hall–Kier alpha value is -1.30. The Bertz CT molecular complexity index is 520. The van der Waals surface area contributed by atoms with Crippen molar-refractivity contribution in [2.75, 3.05) is 0 Å². The SMILES string of the molecule is CCC(CC)Cc1cccc2c(CC(CC)CC)cccc12. The first kappa shape index (κ1) is 17.1. The third-order valence-electron chi connectivity index (χ3n) is 5.43. The van der Waals surface area contributed by atoms with E-state index in [1.165, 1.54) is 60.4 Å². The second kappa shape index (κ2) is 8.36. The minimum absolute atomic E-state index is 0.813. The summed E-state index contributed by atoms with van der Waals surface area (Å²) in [7, 11) is 0. The molecular formula is C22H32. The molecule has 0 heterocycles. The van der Waals surface area contributed by atoms with Crippen molar-refractivity contribution in [2.24, 2.45) is 11.8 Å². The maximum Gasteiger partial charge on any atom is -0.0149 e. The van der Waals surface area contributed by atoms with Crippen LogP contribution in [0.2, 0.25) is 0 Å². The molecule has 0 N–H and O–H groups in total. The third-order valence-corrected chi connectivity index (χ3v) is 5.43. The van der Waals surface area contributed by atoms with Crippen LogP contribution in [0.5, 0.6) is 0 Å². The lowest BCUT2D eigenvalue weighted by molar-refractivity contribution is 0.491. The topological polar surface area (TPSA) is 0 Å². The molecule has 0 nitrogen and oxygen atoms in total. The summed E-state index contributed by atoms with van der Waals surface area (Å²) in [6, 6.07) is 13.8. The lowest BCUT2D eigenvalue weighted by Gasteiger charge is -2.17. The Morgan fingerprint density at radius 3 is 1.27 bits per heavy atom. The highest BCUT2D eigenvalue weighted by Gasteiger charge is 2.11. The first-order valence-corrected chi connectivity index (χ1v) is 9.22. The fraction of sp³-hybridized carbons (Fsp3) is 0.545. The van der Waals surface area contributed by atoms with Crippen LogP contribution < -0.4 is 0 Å². The minimum atomic E-state index is 0.813. The van der Waals surface area contributed by atoms with Gasteiger partial charge < -0.3 is 0 Å². The van der Waals surface area contributed by atoms with E-state index in [4.69, 9.17) is 0 Å². The van der Waals surface area contributed by atoms with Crippen LogP contribution in [0.25, 0.3) is 10.8 Å². The van der Waals surface area contributed by atoms with E-state index in [0.717, 1.165) is 11.8 Å². The predicted octanol–water partition coefficient (Wildman–Crippen LogP) is 6.80. The van der Waals surface area contributed by atoms with Gasteiger partial charge in [0, 0.05) is 0 Å². The predicted molar refractivity (Wildman–Crippen MR) is 99.5 cm³/mol. The van der Waals surface area contributed by atoms with Crippen LogP contribution in [0.1, 0.15) is 64.5 Å². The molecule has 0 saturated heterocycles. The summed E-state index contributed by atoms with van der Waals surface area (Å²) >= 11 is 0. The fourth-order valence-electron chi connectivity index (χ4n) is 3.57. The molecule has 0 unspecified atom stereocenters. The maximum absolute atomic E-state index is 2.33. The molecule has 0 aliphatic rings. The molecular weight excluding hydrogens is 264 g/mol. The van der Waals surface area contributed by atoms with Gasteiger partial charge in [-0.15, -0.1) is 0 Å². The van der Waals surface area contributed by atoms with Crippen LogP contribution in [-0.4, -0.2) is 0 Å². The number of hydrogen-bond acceptors (Lipinski definition) is 0. The van der Waals surface area contributed by atoms with Gasteiger partial charge in [-0.05, 0) is 46.6 Å². The molecule has 2 aromatic carbocycles. The quantitative estimate of drug-likeness (QED) is 0.502. The summed E-state index contributed by atoms with van der Waals surface area (Å²) in [6.07, 6.45) is 7.55. The summed E-state index contributed by atoms with van der Waals surface area (Å²) in [5.74, 6) is 1.63. The Balaban J connectivity index is 2.37. The van der Waals surface area contributed by atoms with Crippen LogP contribution in [-0.2, 0) is 12.8 Å². The first-order chi connectivity index (χ1) is 10.7. The van der Waals surface area contributed by atoms with Gasteiger partial charge in [-0.2, -0.15) is 0 Å². The van der Waals surface area contributed by atoms with Crippen molar-refractivity contribution < 1.29 is 0 Å². The van der Waals surface area contributed by atoms with E-state index in [1.54, 1.807) is 0 Å². The van der Waals surface area contributed by atoms with Gasteiger partial charge in [0.2, 0.25) is 0 Å². The standard InChI is InChI=1S/C22H32/c1-5-17(6-2)15-19-11-9-14-22-20(12-10-13-21(19)22)16-18(7-3)8-4/h9-14,17-18H,5-8,15-16H2,1-4H3. The van der Waals surface area contributed by atoms with E-state index in [0.29, 0.717) is 0 Å². The highest BCUT2D eigenvalue weighted by molar-refractivity contribution is 5.88. The number of benzene rings is 2. The van der Waals surface area contributed by atoms with Crippen molar-refractivity contribution in [3.05, 3.63) is 47.5 Å². The van der Waals surface area contributed by atoms with Crippen molar-refractivity contribution in [1.29, 1.82) is 0 Å². The molecule has 22 heavy (non-hydrogen) atoms. The zero-order valence-electron chi connectivity index (χ0n) is 14.9. The van der Waals surface area contributed by atoms with Crippen LogP contribution >= 0.6 is 0 Å². The second-order valence-electron chi connectivity index (χ2n) is 6.70. The first-order valence-electron chi connectivity index (χ1n) is 9.22. The lowest BCUT2D eigenvalue weighted by Crippen LogP contribution is -2.04. The van der Waals surface area contributed by atoms with E-state index >= 15 is 0 Å². The smallest absolute Gasteiger partial charge is 0.0149 e. The molecule has 0 heteroatoms. The van der Waals surface area contributed by atoms with E-state index in [2.05, 4.69) is 64.1 Å². The summed E-state index contributed by atoms with van der Waals surface area (Å²) in [4.78, 5) is 0. The molecule has 0 aliphatic carbocycles. The van der Waals surface area contributed by atoms with Gasteiger partial charge in [-0.3, -0.25) is 0 Å². The van der Waals surface area contributed by atoms with Crippen molar-refractivity contribution in [2.45, 2.75) is 66.2 Å². The molecule has 0 saturated carbocycles. The lowest BCUT2D eigenvalue weighted by atomic mass is 9.88. The van der Waals surface area contributed by atoms with E-state index in [-0.39, 0.29) is 0 Å². The molecule has 0 spiro atoms. The molecule has 120 valence electrons. The Labute approximate surface area is 136 Å². The van der Waals surface area contributed by atoms with Crippen LogP contribution in [0.4, 0.5) is 0 Å². The van der Waals surface area contributed by atoms with Crippen LogP contribution in [0.15, 0.2) is 36.4 Å². The van der Waals surface area contributed by atoms with Crippen molar-refractivity contribution in [1.82, 2.24) is 0 Å². The summed E-state index contributed by atoms with van der Waals surface area (Å²) < 4.78 is 0. The molecule has 2 rings (SSSR count). The minimum Gasteiger partial charge on any atom is -0.0651 e. The molecule has 0 atom stereocenters. The largest absolute Gasteiger partial charge is 0.0651 e. The molecule has 0 fully saturated rings. The molecule has 0 amide bonds. The zero-order chi connectivity index (χ0) is 15.9. The summed E-state index contributed by atoms with van der Waals surface area (Å²) in [5.41, 5.74) is 3.08. The zero-order valence-corrected chi connectivity index (χ0v) is 14.9. The number of fused-ring (bicyclic) bond motifs is 1. The molecule has 0 aromatic heterocycles. The number of rotatable bonds is 8. The van der Waals surface area contributed by atoms with Gasteiger partial charge >= 0.3 is 0 Å². The van der Waals surface area contributed by atoms with Crippen molar-refractivity contribution in [3.63, 3.8) is 0 Å². The number of hydrogen-bond donors (Lipinski definition) is 0. The Kier molecular flexibility index (Phi) is 6.49.